The van der Waals surface area contributed by atoms with E-state index in [9.17, 15) is 4.79 Å². The minimum atomic E-state index is -0.0994. The van der Waals surface area contributed by atoms with Gasteiger partial charge in [0.1, 0.15) is 11.5 Å². The van der Waals surface area contributed by atoms with E-state index in [0.29, 0.717) is 13.0 Å². The lowest BCUT2D eigenvalue weighted by Crippen LogP contribution is -2.24. The van der Waals surface area contributed by atoms with E-state index in [-0.39, 0.29) is 17.2 Å². The second-order valence-electron chi connectivity index (χ2n) is 11.1. The van der Waals surface area contributed by atoms with E-state index < -0.39 is 0 Å². The molecule has 200 valence electrons. The van der Waals surface area contributed by atoms with Gasteiger partial charge < -0.3 is 19.0 Å². The van der Waals surface area contributed by atoms with Crippen molar-refractivity contribution in [3.05, 3.63) is 125 Å². The number of nitrogens with zero attached hydrogens (tertiary/aromatic N) is 1. The molecule has 0 aliphatic rings. The van der Waals surface area contributed by atoms with Crippen LogP contribution >= 0.6 is 0 Å². The first-order valence-corrected chi connectivity index (χ1v) is 13.4. The maximum Gasteiger partial charge on any atom is 0.221 e. The Labute approximate surface area is 230 Å². The number of carbonyl (C=O) groups excluding carboxylic acids is 1. The maximum atomic E-state index is 13.2. The zero-order chi connectivity index (χ0) is 27.4. The monoisotopic (exact) mass is 520 g/mol. The summed E-state index contributed by atoms with van der Waals surface area (Å²) in [4.78, 5) is 13.2. The van der Waals surface area contributed by atoms with Crippen LogP contribution in [0.15, 0.2) is 102 Å². The van der Waals surface area contributed by atoms with Crippen LogP contribution in [0.1, 0.15) is 61.1 Å². The lowest BCUT2D eigenvalue weighted by Gasteiger charge is -2.22. The van der Waals surface area contributed by atoms with Crippen molar-refractivity contribution >= 4 is 16.8 Å². The number of hydrogen-bond donors (Lipinski definition) is 1. The average molecular weight is 521 g/mol. The number of nitrogens with one attached hydrogen (secondary N) is 1. The number of carbonyl (C=O) groups is 1. The van der Waals surface area contributed by atoms with Crippen LogP contribution in [0.25, 0.3) is 10.9 Å². The van der Waals surface area contributed by atoms with E-state index in [1.807, 2.05) is 24.3 Å². The zero-order valence-corrected chi connectivity index (χ0v) is 23.1. The highest BCUT2D eigenvalue weighted by atomic mass is 16.5. The fraction of sp³-hybridized carbons (Fsp3) is 0.265. The smallest absolute Gasteiger partial charge is 0.221 e. The van der Waals surface area contributed by atoms with E-state index in [1.54, 1.807) is 13.4 Å². The van der Waals surface area contributed by atoms with Crippen molar-refractivity contribution in [3.8, 4) is 5.75 Å². The van der Waals surface area contributed by atoms with E-state index in [2.05, 4.69) is 97.5 Å². The van der Waals surface area contributed by atoms with E-state index in [0.717, 1.165) is 40.1 Å². The van der Waals surface area contributed by atoms with Gasteiger partial charge in [0, 0.05) is 36.0 Å². The number of hydrogen-bond acceptors (Lipinski definition) is 3. The SMILES string of the molecule is COc1ccc(Cn2cc([C@@H](CC(=O)NCc3ccco3)c3ccc(C(C)(C)C)cc3)c3ccccc32)cc1. The van der Waals surface area contributed by atoms with Crippen molar-refractivity contribution in [1.82, 2.24) is 9.88 Å². The van der Waals surface area contributed by atoms with Gasteiger partial charge in [-0.2, -0.15) is 0 Å². The zero-order valence-electron chi connectivity index (χ0n) is 23.1. The third-order valence-corrected chi connectivity index (χ3v) is 7.32. The van der Waals surface area contributed by atoms with Crippen LogP contribution in [0.3, 0.4) is 0 Å². The van der Waals surface area contributed by atoms with Crippen molar-refractivity contribution in [2.45, 2.75) is 51.6 Å². The van der Waals surface area contributed by atoms with Crippen molar-refractivity contribution in [3.63, 3.8) is 0 Å². The minimum absolute atomic E-state index is 0.0108. The maximum absolute atomic E-state index is 13.2. The number of rotatable bonds is 9. The van der Waals surface area contributed by atoms with Crippen LogP contribution in [0.5, 0.6) is 5.75 Å². The molecule has 2 heterocycles. The predicted octanol–water partition coefficient (Wildman–Crippen LogP) is 7.43. The highest BCUT2D eigenvalue weighted by Gasteiger charge is 2.24. The number of ether oxygens (including phenoxy) is 1. The van der Waals surface area contributed by atoms with Gasteiger partial charge in [-0.15, -0.1) is 0 Å². The van der Waals surface area contributed by atoms with Crippen LogP contribution in [-0.4, -0.2) is 17.6 Å². The third kappa shape index (κ3) is 6.09. The van der Waals surface area contributed by atoms with Gasteiger partial charge >= 0.3 is 0 Å². The van der Waals surface area contributed by atoms with Gasteiger partial charge in [-0.1, -0.05) is 75.4 Å². The van der Waals surface area contributed by atoms with Crippen molar-refractivity contribution in [2.75, 3.05) is 7.11 Å². The van der Waals surface area contributed by atoms with Crippen LogP contribution in [-0.2, 0) is 23.3 Å². The fourth-order valence-corrected chi connectivity index (χ4v) is 5.09. The average Bonchev–Trinajstić information content (AvgIpc) is 3.59. The number of amides is 1. The molecule has 0 spiro atoms. The molecule has 0 bridgehead atoms. The molecule has 0 fully saturated rings. The molecule has 0 saturated heterocycles. The molecule has 5 aromatic rings. The highest BCUT2D eigenvalue weighted by molar-refractivity contribution is 5.86. The summed E-state index contributed by atoms with van der Waals surface area (Å²) >= 11 is 0. The topological polar surface area (TPSA) is 56.4 Å². The Morgan fingerprint density at radius 2 is 1.69 bits per heavy atom. The van der Waals surface area contributed by atoms with Crippen LogP contribution in [0.4, 0.5) is 0 Å². The molecule has 2 aromatic heterocycles. The summed E-state index contributed by atoms with van der Waals surface area (Å²) in [5, 5.41) is 4.21. The Morgan fingerprint density at radius 3 is 2.36 bits per heavy atom. The summed E-state index contributed by atoms with van der Waals surface area (Å²) in [6.07, 6.45) is 4.18. The van der Waals surface area contributed by atoms with Crippen molar-refractivity contribution in [2.24, 2.45) is 0 Å². The van der Waals surface area contributed by atoms with Crippen molar-refractivity contribution in [1.29, 1.82) is 0 Å². The number of fused-ring (bicyclic) bond motifs is 1. The molecular formula is C34H36N2O3. The Balaban J connectivity index is 1.51. The first-order chi connectivity index (χ1) is 18.8. The standard InChI is InChI=1S/C34H36N2O3/c1-34(2,3)26-15-13-25(14-16-26)30(20-33(37)35-21-28-8-7-19-39-28)31-23-36(32-10-6-5-9-29(31)32)22-24-11-17-27(38-4)18-12-24/h5-19,23,30H,20-22H2,1-4H3,(H,35,37)/t30-/m0/s1. The molecule has 0 radical (unpaired) electrons. The number of benzene rings is 3. The molecular weight excluding hydrogens is 484 g/mol. The number of methoxy groups -OCH3 is 1. The van der Waals surface area contributed by atoms with E-state index in [1.165, 1.54) is 11.1 Å². The normalized spacial score (nSPS) is 12.4. The summed E-state index contributed by atoms with van der Waals surface area (Å²) in [5.74, 6) is 1.47. The van der Waals surface area contributed by atoms with Gasteiger partial charge in [0.25, 0.3) is 0 Å². The summed E-state index contributed by atoms with van der Waals surface area (Å²) in [7, 11) is 1.68. The lowest BCUT2D eigenvalue weighted by molar-refractivity contribution is -0.121. The molecule has 5 nitrogen and oxygen atoms in total. The molecule has 3 aromatic carbocycles. The Kier molecular flexibility index (Phi) is 7.60. The summed E-state index contributed by atoms with van der Waals surface area (Å²) < 4.78 is 13.0. The Morgan fingerprint density at radius 1 is 0.949 bits per heavy atom. The highest BCUT2D eigenvalue weighted by Crippen LogP contribution is 2.36. The summed E-state index contributed by atoms with van der Waals surface area (Å²) in [6, 6.07) is 29.1. The molecule has 0 unspecified atom stereocenters. The van der Waals surface area contributed by atoms with E-state index in [4.69, 9.17) is 9.15 Å². The number of aromatic nitrogens is 1. The molecule has 5 heteroatoms. The second-order valence-corrected chi connectivity index (χ2v) is 11.1. The molecule has 0 aliphatic heterocycles. The van der Waals surface area contributed by atoms with Gasteiger partial charge in [0.15, 0.2) is 0 Å². The number of para-hydroxylation sites is 1. The Bertz CT molecular complexity index is 1520. The first-order valence-electron chi connectivity index (χ1n) is 13.4. The summed E-state index contributed by atoms with van der Waals surface area (Å²) in [5.41, 5.74) is 5.94. The largest absolute Gasteiger partial charge is 0.497 e. The van der Waals surface area contributed by atoms with Gasteiger partial charge in [0.2, 0.25) is 5.91 Å². The van der Waals surface area contributed by atoms with Crippen molar-refractivity contribution < 1.29 is 13.9 Å². The molecule has 1 atom stereocenters. The second kappa shape index (κ2) is 11.2. The van der Waals surface area contributed by atoms with Gasteiger partial charge in [-0.05, 0) is 58.0 Å². The fourth-order valence-electron chi connectivity index (χ4n) is 5.09. The molecule has 39 heavy (non-hydrogen) atoms. The quantitative estimate of drug-likeness (QED) is 0.220. The van der Waals surface area contributed by atoms with Crippen LogP contribution in [0.2, 0.25) is 0 Å². The van der Waals surface area contributed by atoms with Crippen LogP contribution < -0.4 is 10.1 Å². The Hall–Kier alpha value is -4.25. The molecule has 1 amide bonds. The van der Waals surface area contributed by atoms with E-state index >= 15 is 0 Å². The predicted molar refractivity (Wildman–Crippen MR) is 156 cm³/mol. The van der Waals surface area contributed by atoms with Crippen LogP contribution in [0, 0.1) is 0 Å². The lowest BCUT2D eigenvalue weighted by atomic mass is 9.83. The molecule has 0 aliphatic carbocycles. The third-order valence-electron chi connectivity index (χ3n) is 7.32. The first kappa shape index (κ1) is 26.4. The molecule has 5 rings (SSSR count). The summed E-state index contributed by atoms with van der Waals surface area (Å²) in [6.45, 7) is 7.75. The minimum Gasteiger partial charge on any atom is -0.497 e. The van der Waals surface area contributed by atoms with Gasteiger partial charge in [-0.3, -0.25) is 4.79 Å². The number of furan rings is 1. The van der Waals surface area contributed by atoms with Gasteiger partial charge in [0.05, 0.1) is 19.9 Å². The molecule has 0 saturated carbocycles. The molecule has 1 N–H and O–H groups in total. The van der Waals surface area contributed by atoms with Gasteiger partial charge in [-0.25, -0.2) is 0 Å².